The maximum Gasteiger partial charge on any atom is 0.255 e. The molecule has 0 atom stereocenters. The number of anilines is 2. The van der Waals surface area contributed by atoms with E-state index in [0.29, 0.717) is 11.3 Å². The van der Waals surface area contributed by atoms with Gasteiger partial charge in [-0.3, -0.25) is 4.79 Å². The van der Waals surface area contributed by atoms with Crippen LogP contribution < -0.4 is 16.4 Å². The third-order valence-electron chi connectivity index (χ3n) is 2.67. The van der Waals surface area contributed by atoms with Crippen molar-refractivity contribution >= 4 is 34.6 Å². The van der Waals surface area contributed by atoms with Gasteiger partial charge < -0.3 is 16.4 Å². The van der Waals surface area contributed by atoms with E-state index in [1.165, 1.54) is 0 Å². The molecular weight excluding hydrogens is 270 g/mol. The molecule has 102 valence electrons. The van der Waals surface area contributed by atoms with Crippen molar-refractivity contribution in [2.75, 3.05) is 10.6 Å². The van der Waals surface area contributed by atoms with Gasteiger partial charge in [-0.25, -0.2) is 0 Å². The molecule has 20 heavy (non-hydrogen) atoms. The first-order valence-corrected chi connectivity index (χ1v) is 6.50. The lowest BCUT2D eigenvalue weighted by atomic mass is 10.1. The third kappa shape index (κ3) is 3.80. The van der Waals surface area contributed by atoms with Gasteiger partial charge in [-0.1, -0.05) is 18.2 Å². The third-order valence-corrected chi connectivity index (χ3v) is 2.77. The molecule has 0 spiro atoms. The van der Waals surface area contributed by atoms with Crippen LogP contribution in [0.5, 0.6) is 0 Å². The lowest BCUT2D eigenvalue weighted by Gasteiger charge is -2.08. The Morgan fingerprint density at radius 3 is 2.35 bits per heavy atom. The normalized spacial score (nSPS) is 9.85. The van der Waals surface area contributed by atoms with Crippen LogP contribution in [0, 0.1) is 6.92 Å². The predicted octanol–water partition coefficient (Wildman–Crippen LogP) is 2.90. The molecule has 4 N–H and O–H groups in total. The van der Waals surface area contributed by atoms with Gasteiger partial charge in [0.2, 0.25) is 0 Å². The Bertz CT molecular complexity index is 655. The quantitative estimate of drug-likeness (QED) is 0.759. The Balaban J connectivity index is 2.15. The number of aryl methyl sites for hydroxylation is 1. The predicted molar refractivity (Wildman–Crippen MR) is 86.0 cm³/mol. The van der Waals surface area contributed by atoms with E-state index in [9.17, 15) is 4.79 Å². The summed E-state index contributed by atoms with van der Waals surface area (Å²) in [5, 5.41) is 5.82. The molecule has 0 aliphatic heterocycles. The summed E-state index contributed by atoms with van der Waals surface area (Å²) in [5.41, 5.74) is 8.49. The largest absolute Gasteiger partial charge is 0.376 e. The number of carbonyl (C=O) groups is 1. The molecule has 0 unspecified atom stereocenters. The summed E-state index contributed by atoms with van der Waals surface area (Å²) >= 11 is 4.77. The molecule has 2 rings (SSSR count). The highest BCUT2D eigenvalue weighted by atomic mass is 32.1. The molecule has 2 aromatic carbocycles. The van der Waals surface area contributed by atoms with Gasteiger partial charge in [0.05, 0.1) is 0 Å². The van der Waals surface area contributed by atoms with Gasteiger partial charge in [0, 0.05) is 16.9 Å². The van der Waals surface area contributed by atoms with Crippen molar-refractivity contribution in [1.82, 2.24) is 0 Å². The highest BCUT2D eigenvalue weighted by Crippen LogP contribution is 2.14. The molecule has 5 heteroatoms. The van der Waals surface area contributed by atoms with Crippen molar-refractivity contribution in [3.05, 3.63) is 59.7 Å². The molecule has 0 fully saturated rings. The van der Waals surface area contributed by atoms with E-state index in [1.54, 1.807) is 24.3 Å². The Morgan fingerprint density at radius 2 is 1.70 bits per heavy atom. The summed E-state index contributed by atoms with van der Waals surface area (Å²) in [7, 11) is 0. The summed E-state index contributed by atoms with van der Waals surface area (Å²) < 4.78 is 0. The number of amides is 1. The molecule has 2 aromatic rings. The summed E-state index contributed by atoms with van der Waals surface area (Å²) in [6.45, 7) is 1.97. The van der Waals surface area contributed by atoms with Gasteiger partial charge in [-0.2, -0.15) is 0 Å². The number of nitrogens with one attached hydrogen (secondary N) is 2. The van der Waals surface area contributed by atoms with Crippen LogP contribution in [0.1, 0.15) is 15.9 Å². The number of rotatable bonds is 3. The maximum atomic E-state index is 12.2. The monoisotopic (exact) mass is 285 g/mol. The number of carbonyl (C=O) groups excluding carboxylic acids is 1. The lowest BCUT2D eigenvalue weighted by molar-refractivity contribution is 0.102. The van der Waals surface area contributed by atoms with Crippen LogP contribution >= 0.6 is 12.2 Å². The van der Waals surface area contributed by atoms with Gasteiger partial charge in [-0.05, 0) is 55.0 Å². The van der Waals surface area contributed by atoms with Crippen molar-refractivity contribution < 1.29 is 4.79 Å². The fraction of sp³-hybridized carbons (Fsp3) is 0.0667. The van der Waals surface area contributed by atoms with Crippen LogP contribution in [-0.2, 0) is 0 Å². The highest BCUT2D eigenvalue weighted by Gasteiger charge is 2.07. The van der Waals surface area contributed by atoms with Crippen LogP contribution in [0.3, 0.4) is 0 Å². The molecule has 4 nitrogen and oxygen atoms in total. The van der Waals surface area contributed by atoms with E-state index in [2.05, 4.69) is 10.6 Å². The lowest BCUT2D eigenvalue weighted by Crippen LogP contribution is -2.19. The Kier molecular flexibility index (Phi) is 4.32. The fourth-order valence-corrected chi connectivity index (χ4v) is 1.92. The SMILES string of the molecule is Cc1cccc(NC(=O)c2cccc(NC(N)=S)c2)c1. The smallest absolute Gasteiger partial charge is 0.255 e. The summed E-state index contributed by atoms with van der Waals surface area (Å²) in [4.78, 5) is 12.2. The second-order valence-electron chi connectivity index (χ2n) is 4.39. The molecule has 0 aliphatic carbocycles. The molecule has 0 aromatic heterocycles. The van der Waals surface area contributed by atoms with Crippen LogP contribution in [-0.4, -0.2) is 11.0 Å². The number of thiocarbonyl (C=S) groups is 1. The first-order valence-electron chi connectivity index (χ1n) is 6.09. The van der Waals surface area contributed by atoms with Crippen molar-refractivity contribution in [3.8, 4) is 0 Å². The number of hydrogen-bond donors (Lipinski definition) is 3. The average Bonchev–Trinajstić information content (AvgIpc) is 2.38. The highest BCUT2D eigenvalue weighted by molar-refractivity contribution is 7.80. The van der Waals surface area contributed by atoms with E-state index in [0.717, 1.165) is 11.3 Å². The average molecular weight is 285 g/mol. The van der Waals surface area contributed by atoms with E-state index < -0.39 is 0 Å². The number of nitrogens with two attached hydrogens (primary N) is 1. The van der Waals surface area contributed by atoms with Gasteiger partial charge in [0.25, 0.3) is 5.91 Å². The van der Waals surface area contributed by atoms with E-state index in [4.69, 9.17) is 18.0 Å². The van der Waals surface area contributed by atoms with E-state index in [1.807, 2.05) is 31.2 Å². The van der Waals surface area contributed by atoms with Crippen LogP contribution in [0.2, 0.25) is 0 Å². The molecular formula is C15H15N3OS. The zero-order valence-electron chi connectivity index (χ0n) is 11.0. The maximum absolute atomic E-state index is 12.2. The second-order valence-corrected chi connectivity index (χ2v) is 4.83. The number of hydrogen-bond acceptors (Lipinski definition) is 2. The van der Waals surface area contributed by atoms with Crippen molar-refractivity contribution in [2.45, 2.75) is 6.92 Å². The minimum absolute atomic E-state index is 0.168. The van der Waals surface area contributed by atoms with Gasteiger partial charge in [0.1, 0.15) is 0 Å². The van der Waals surface area contributed by atoms with Gasteiger partial charge in [-0.15, -0.1) is 0 Å². The van der Waals surface area contributed by atoms with Crippen LogP contribution in [0.25, 0.3) is 0 Å². The molecule has 0 radical (unpaired) electrons. The fourth-order valence-electron chi connectivity index (χ4n) is 1.81. The summed E-state index contributed by atoms with van der Waals surface area (Å²) in [6.07, 6.45) is 0. The van der Waals surface area contributed by atoms with Gasteiger partial charge in [0.15, 0.2) is 5.11 Å². The minimum atomic E-state index is -0.179. The summed E-state index contributed by atoms with van der Waals surface area (Å²) in [6, 6.07) is 14.6. The van der Waals surface area contributed by atoms with Crippen LogP contribution in [0.4, 0.5) is 11.4 Å². The number of benzene rings is 2. The van der Waals surface area contributed by atoms with Crippen molar-refractivity contribution in [2.24, 2.45) is 5.73 Å². The Hall–Kier alpha value is -2.40. The zero-order chi connectivity index (χ0) is 14.5. The zero-order valence-corrected chi connectivity index (χ0v) is 11.8. The Morgan fingerprint density at radius 1 is 1.05 bits per heavy atom. The van der Waals surface area contributed by atoms with Gasteiger partial charge >= 0.3 is 0 Å². The van der Waals surface area contributed by atoms with E-state index in [-0.39, 0.29) is 11.0 Å². The van der Waals surface area contributed by atoms with Crippen LogP contribution in [0.15, 0.2) is 48.5 Å². The minimum Gasteiger partial charge on any atom is -0.376 e. The topological polar surface area (TPSA) is 67.2 Å². The molecule has 0 bridgehead atoms. The molecule has 1 amide bonds. The first kappa shape index (κ1) is 14.0. The van der Waals surface area contributed by atoms with E-state index >= 15 is 0 Å². The molecule has 0 saturated carbocycles. The van der Waals surface area contributed by atoms with Crippen molar-refractivity contribution in [1.29, 1.82) is 0 Å². The molecule has 0 aliphatic rings. The van der Waals surface area contributed by atoms with Crippen molar-refractivity contribution in [3.63, 3.8) is 0 Å². The molecule has 0 saturated heterocycles. The first-order chi connectivity index (χ1) is 9.54. The Labute approximate surface area is 123 Å². The molecule has 0 heterocycles. The summed E-state index contributed by atoms with van der Waals surface area (Å²) in [5.74, 6) is -0.179. The standard InChI is InChI=1S/C15H15N3OS/c1-10-4-2-6-12(8-10)17-14(19)11-5-3-7-13(9-11)18-15(16)20/h2-9H,1H3,(H,17,19)(H3,16,18,20). The second kappa shape index (κ2) is 6.16.